The Morgan fingerprint density at radius 2 is 2.33 bits per heavy atom. The molecule has 0 aromatic carbocycles. The number of aromatic nitrogens is 1. The van der Waals surface area contributed by atoms with Gasteiger partial charge in [-0.3, -0.25) is 9.78 Å². The molecule has 0 aliphatic rings. The zero-order chi connectivity index (χ0) is 13.4. The van der Waals surface area contributed by atoms with Crippen molar-refractivity contribution in [1.29, 1.82) is 0 Å². The number of esters is 1. The van der Waals surface area contributed by atoms with Crippen molar-refractivity contribution in [3.8, 4) is 0 Å². The number of hydrogen-bond acceptors (Lipinski definition) is 3. The van der Waals surface area contributed by atoms with Gasteiger partial charge >= 0.3 is 5.97 Å². The van der Waals surface area contributed by atoms with Gasteiger partial charge in [-0.2, -0.15) is 0 Å². The molecule has 0 amide bonds. The molecule has 1 aromatic heterocycles. The summed E-state index contributed by atoms with van der Waals surface area (Å²) in [5, 5.41) is 0. The van der Waals surface area contributed by atoms with E-state index in [1.54, 1.807) is 18.3 Å². The quantitative estimate of drug-likeness (QED) is 0.547. The molecule has 1 heterocycles. The molecule has 1 rings (SSSR count). The largest absolute Gasteiger partial charge is 0.466 e. The van der Waals surface area contributed by atoms with Crippen molar-refractivity contribution in [2.45, 2.75) is 19.8 Å². The van der Waals surface area contributed by atoms with Crippen LogP contribution in [0.4, 0.5) is 0 Å². The van der Waals surface area contributed by atoms with Crippen LogP contribution >= 0.6 is 0 Å². The van der Waals surface area contributed by atoms with Gasteiger partial charge in [0.25, 0.3) is 0 Å². The average Bonchev–Trinajstić information content (AvgIpc) is 2.39. The van der Waals surface area contributed by atoms with Crippen LogP contribution in [0.1, 0.15) is 24.6 Å². The second-order valence-electron chi connectivity index (χ2n) is 3.93. The van der Waals surface area contributed by atoms with E-state index in [-0.39, 0.29) is 11.9 Å². The average molecular weight is 245 g/mol. The molecule has 3 nitrogen and oxygen atoms in total. The molecule has 0 N–H and O–H groups in total. The third-order valence-corrected chi connectivity index (χ3v) is 2.66. The summed E-state index contributed by atoms with van der Waals surface area (Å²) < 4.78 is 5.07. The molecular formula is C15H19NO2. The van der Waals surface area contributed by atoms with Crippen LogP contribution < -0.4 is 0 Å². The topological polar surface area (TPSA) is 39.2 Å². The molecular weight excluding hydrogens is 226 g/mol. The van der Waals surface area contributed by atoms with Crippen LogP contribution in [0, 0.1) is 5.92 Å². The molecule has 1 atom stereocenters. The molecule has 18 heavy (non-hydrogen) atoms. The summed E-state index contributed by atoms with van der Waals surface area (Å²) in [7, 11) is 0. The number of hydrogen-bond donors (Lipinski definition) is 0. The molecule has 0 spiro atoms. The van der Waals surface area contributed by atoms with Gasteiger partial charge in [0, 0.05) is 6.20 Å². The van der Waals surface area contributed by atoms with Crippen molar-refractivity contribution in [2.24, 2.45) is 5.92 Å². The van der Waals surface area contributed by atoms with E-state index in [9.17, 15) is 4.79 Å². The lowest BCUT2D eigenvalue weighted by Gasteiger charge is -2.14. The highest BCUT2D eigenvalue weighted by molar-refractivity contribution is 5.73. The Labute approximate surface area is 108 Å². The van der Waals surface area contributed by atoms with Crippen LogP contribution in [0.15, 0.2) is 37.6 Å². The molecule has 0 radical (unpaired) electrons. The predicted octanol–water partition coefficient (Wildman–Crippen LogP) is 3.02. The van der Waals surface area contributed by atoms with E-state index < -0.39 is 0 Å². The third-order valence-electron chi connectivity index (χ3n) is 2.66. The highest BCUT2D eigenvalue weighted by atomic mass is 16.5. The van der Waals surface area contributed by atoms with Crippen LogP contribution in [0.25, 0.3) is 6.08 Å². The minimum absolute atomic E-state index is 0.184. The van der Waals surface area contributed by atoms with E-state index in [1.165, 1.54) is 0 Å². The second-order valence-corrected chi connectivity index (χ2v) is 3.93. The highest BCUT2D eigenvalue weighted by Gasteiger charge is 2.19. The number of carbonyl (C=O) groups excluding carboxylic acids is 1. The van der Waals surface area contributed by atoms with Gasteiger partial charge in [-0.15, -0.1) is 6.58 Å². The third kappa shape index (κ3) is 3.84. The number of allylic oxidation sites excluding steroid dienone is 1. The van der Waals surface area contributed by atoms with Crippen molar-refractivity contribution in [3.63, 3.8) is 0 Å². The van der Waals surface area contributed by atoms with Crippen molar-refractivity contribution in [3.05, 3.63) is 48.8 Å². The zero-order valence-electron chi connectivity index (χ0n) is 10.8. The van der Waals surface area contributed by atoms with Gasteiger partial charge in [0.2, 0.25) is 0 Å². The van der Waals surface area contributed by atoms with Crippen LogP contribution in [0.3, 0.4) is 0 Å². The summed E-state index contributed by atoms with van der Waals surface area (Å²) in [5.41, 5.74) is 1.82. The monoisotopic (exact) mass is 245 g/mol. The van der Waals surface area contributed by atoms with Crippen molar-refractivity contribution in [1.82, 2.24) is 4.98 Å². The van der Waals surface area contributed by atoms with Crippen molar-refractivity contribution < 1.29 is 9.53 Å². The summed E-state index contributed by atoms with van der Waals surface area (Å²) in [4.78, 5) is 16.0. The first-order chi connectivity index (χ1) is 8.72. The SMILES string of the molecule is C=CCC(Cc1cccnc1C=C)C(=O)OCC. The molecule has 96 valence electrons. The van der Waals surface area contributed by atoms with Crippen molar-refractivity contribution in [2.75, 3.05) is 6.61 Å². The van der Waals surface area contributed by atoms with Gasteiger partial charge in [0.1, 0.15) is 0 Å². The van der Waals surface area contributed by atoms with E-state index in [4.69, 9.17) is 4.74 Å². The molecule has 1 unspecified atom stereocenters. The normalized spacial score (nSPS) is 11.6. The van der Waals surface area contributed by atoms with Gasteiger partial charge in [0.15, 0.2) is 0 Å². The van der Waals surface area contributed by atoms with E-state index >= 15 is 0 Å². The van der Waals surface area contributed by atoms with Gasteiger partial charge in [-0.25, -0.2) is 0 Å². The molecule has 0 aliphatic heterocycles. The molecule has 3 heteroatoms. The molecule has 0 fully saturated rings. The first-order valence-corrected chi connectivity index (χ1v) is 6.06. The first-order valence-electron chi connectivity index (χ1n) is 6.06. The fourth-order valence-corrected chi connectivity index (χ4v) is 1.80. The van der Waals surface area contributed by atoms with Gasteiger partial charge in [0.05, 0.1) is 18.2 Å². The standard InChI is InChI=1S/C15H19NO2/c1-4-8-13(15(17)18-6-3)11-12-9-7-10-16-14(12)5-2/h4-5,7,9-10,13H,1-2,6,8,11H2,3H3. The van der Waals surface area contributed by atoms with Crippen LogP contribution in [-0.2, 0) is 16.0 Å². The lowest BCUT2D eigenvalue weighted by atomic mass is 9.95. The van der Waals surface area contributed by atoms with E-state index in [2.05, 4.69) is 18.1 Å². The molecule has 0 bridgehead atoms. The minimum Gasteiger partial charge on any atom is -0.466 e. The Morgan fingerprint density at radius 3 is 2.94 bits per heavy atom. The first kappa shape index (κ1) is 14.2. The summed E-state index contributed by atoms with van der Waals surface area (Å²) in [6.07, 6.45) is 6.36. The Bertz CT molecular complexity index is 426. The van der Waals surface area contributed by atoms with E-state index in [0.29, 0.717) is 19.4 Å². The maximum Gasteiger partial charge on any atom is 0.309 e. The molecule has 0 saturated carbocycles. The Balaban J connectivity index is 2.85. The zero-order valence-corrected chi connectivity index (χ0v) is 10.8. The van der Waals surface area contributed by atoms with Crippen LogP contribution in [-0.4, -0.2) is 17.6 Å². The number of carbonyl (C=O) groups is 1. The number of pyridine rings is 1. The smallest absolute Gasteiger partial charge is 0.309 e. The minimum atomic E-state index is -0.203. The number of ether oxygens (including phenoxy) is 1. The Kier molecular flexibility index (Phi) is 5.85. The fraction of sp³-hybridized carbons (Fsp3) is 0.333. The number of nitrogens with zero attached hydrogens (tertiary/aromatic N) is 1. The van der Waals surface area contributed by atoms with E-state index in [0.717, 1.165) is 11.3 Å². The lowest BCUT2D eigenvalue weighted by Crippen LogP contribution is -2.20. The van der Waals surface area contributed by atoms with Crippen LogP contribution in [0.2, 0.25) is 0 Å². The van der Waals surface area contributed by atoms with Gasteiger partial charge in [-0.05, 0) is 37.5 Å². The summed E-state index contributed by atoms with van der Waals surface area (Å²) in [6.45, 7) is 9.62. The predicted molar refractivity (Wildman–Crippen MR) is 73.0 cm³/mol. The number of rotatable bonds is 7. The molecule has 0 aliphatic carbocycles. The van der Waals surface area contributed by atoms with Crippen molar-refractivity contribution >= 4 is 12.0 Å². The molecule has 0 saturated heterocycles. The second kappa shape index (κ2) is 7.43. The van der Waals surface area contributed by atoms with Gasteiger partial charge in [-0.1, -0.05) is 18.7 Å². The molecule has 1 aromatic rings. The summed E-state index contributed by atoms with van der Waals surface area (Å²) in [6, 6.07) is 3.82. The summed E-state index contributed by atoms with van der Waals surface area (Å²) in [5.74, 6) is -0.387. The Morgan fingerprint density at radius 1 is 1.56 bits per heavy atom. The maximum atomic E-state index is 11.8. The van der Waals surface area contributed by atoms with Crippen LogP contribution in [0.5, 0.6) is 0 Å². The van der Waals surface area contributed by atoms with E-state index in [1.807, 2.05) is 19.1 Å². The Hall–Kier alpha value is -1.90. The maximum absolute atomic E-state index is 11.8. The lowest BCUT2D eigenvalue weighted by molar-refractivity contribution is -0.147. The highest BCUT2D eigenvalue weighted by Crippen LogP contribution is 2.17. The summed E-state index contributed by atoms with van der Waals surface area (Å²) >= 11 is 0. The van der Waals surface area contributed by atoms with Gasteiger partial charge < -0.3 is 4.74 Å². The fourth-order valence-electron chi connectivity index (χ4n) is 1.80.